The van der Waals surface area contributed by atoms with Crippen LogP contribution < -0.4 is 14.5 Å². The largest absolute Gasteiger partial charge is 0.463 e. The zero-order valence-corrected chi connectivity index (χ0v) is 25.0. The second-order valence-corrected chi connectivity index (χ2v) is 12.5. The van der Waals surface area contributed by atoms with Gasteiger partial charge in [-0.1, -0.05) is 0 Å². The van der Waals surface area contributed by atoms with E-state index in [4.69, 9.17) is 14.7 Å². The summed E-state index contributed by atoms with van der Waals surface area (Å²) in [6.07, 6.45) is 3.26. The van der Waals surface area contributed by atoms with Crippen LogP contribution in [0.2, 0.25) is 0 Å². The summed E-state index contributed by atoms with van der Waals surface area (Å²) in [5.41, 5.74) is 0.667. The van der Waals surface area contributed by atoms with Crippen molar-refractivity contribution >= 4 is 11.5 Å². The molecule has 0 unspecified atom stereocenters. The lowest BCUT2D eigenvalue weighted by Gasteiger charge is -2.42. The molecule has 13 heteroatoms. The van der Waals surface area contributed by atoms with E-state index in [1.807, 2.05) is 4.90 Å². The van der Waals surface area contributed by atoms with Crippen molar-refractivity contribution in [2.45, 2.75) is 64.2 Å². The van der Waals surface area contributed by atoms with E-state index in [1.54, 1.807) is 4.90 Å². The monoisotopic (exact) mass is 614 g/mol. The molecule has 2 saturated heterocycles. The highest BCUT2D eigenvalue weighted by Gasteiger charge is 2.45. The number of allylic oxidation sites excluding steroid dienone is 1. The molecule has 3 fully saturated rings. The minimum Gasteiger partial charge on any atom is -0.463 e. The van der Waals surface area contributed by atoms with Crippen LogP contribution in [0.15, 0.2) is 30.4 Å². The number of alkyl halides is 3. The second-order valence-electron chi connectivity index (χ2n) is 12.5. The quantitative estimate of drug-likeness (QED) is 0.365. The van der Waals surface area contributed by atoms with Crippen LogP contribution >= 0.6 is 0 Å². The number of fused-ring (bicyclic) bond motifs is 1. The molecule has 2 aromatic heterocycles. The van der Waals surface area contributed by atoms with Crippen molar-refractivity contribution in [2.75, 3.05) is 62.2 Å². The van der Waals surface area contributed by atoms with Crippen molar-refractivity contribution in [2.24, 2.45) is 5.41 Å². The first-order valence-electron chi connectivity index (χ1n) is 15.4. The lowest BCUT2D eigenvalue weighted by molar-refractivity contribution is -0.140. The maximum absolute atomic E-state index is 13.8. The first-order valence-corrected chi connectivity index (χ1v) is 15.4. The third-order valence-corrected chi connectivity index (χ3v) is 9.14. The minimum atomic E-state index is -4.59. The lowest BCUT2D eigenvalue weighted by atomic mass is 10.0. The number of hydrogen-bond acceptors (Lipinski definition) is 9. The summed E-state index contributed by atoms with van der Waals surface area (Å²) in [7, 11) is 0. The zero-order valence-electron chi connectivity index (χ0n) is 25.0. The standard InChI is InChI=1S/C31H38F4N8O/c1-22(32)17-41-15-16-43(18-23(41)6-10-36)28-24-7-14-42(26-5-4-11-37-27(26)31(33,34)35)19-25(24)38-29(39-28)44-21-30(8-9-30)20-40-12-2-3-13-40/h4-5,11,17,23H,2-3,6-9,12-16,18-21H2,1H3/t23-/m0/s1. The summed E-state index contributed by atoms with van der Waals surface area (Å²) in [5, 5.41) is 9.49. The van der Waals surface area contributed by atoms with Gasteiger partial charge >= 0.3 is 12.2 Å². The highest BCUT2D eigenvalue weighted by Crippen LogP contribution is 2.47. The average molecular weight is 615 g/mol. The Morgan fingerprint density at radius 1 is 1.14 bits per heavy atom. The van der Waals surface area contributed by atoms with Gasteiger partial charge in [0.2, 0.25) is 0 Å². The molecule has 0 N–H and O–H groups in total. The molecule has 1 aliphatic carbocycles. The van der Waals surface area contributed by atoms with E-state index in [2.05, 4.69) is 20.9 Å². The van der Waals surface area contributed by atoms with E-state index >= 15 is 0 Å². The van der Waals surface area contributed by atoms with Crippen LogP contribution in [0.25, 0.3) is 0 Å². The molecule has 2 aromatic rings. The van der Waals surface area contributed by atoms with Crippen LogP contribution in [0, 0.1) is 16.7 Å². The summed E-state index contributed by atoms with van der Waals surface area (Å²) < 4.78 is 61.6. The van der Waals surface area contributed by atoms with Gasteiger partial charge in [-0.25, -0.2) is 9.37 Å². The van der Waals surface area contributed by atoms with E-state index in [1.165, 1.54) is 38.1 Å². The average Bonchev–Trinajstić information content (AvgIpc) is 3.57. The van der Waals surface area contributed by atoms with Crippen molar-refractivity contribution in [1.82, 2.24) is 24.8 Å². The van der Waals surface area contributed by atoms with Crippen molar-refractivity contribution in [3.63, 3.8) is 0 Å². The van der Waals surface area contributed by atoms with Crippen molar-refractivity contribution in [3.05, 3.63) is 47.3 Å². The molecule has 0 radical (unpaired) electrons. The van der Waals surface area contributed by atoms with Crippen LogP contribution in [0.4, 0.5) is 29.1 Å². The topological polar surface area (TPSA) is 84.7 Å². The van der Waals surface area contributed by atoms with Crippen molar-refractivity contribution < 1.29 is 22.3 Å². The summed E-state index contributed by atoms with van der Waals surface area (Å²) in [4.78, 5) is 21.4. The second kappa shape index (κ2) is 12.4. The Hall–Kier alpha value is -3.66. The minimum absolute atomic E-state index is 0.0203. The molecular weight excluding hydrogens is 576 g/mol. The lowest BCUT2D eigenvalue weighted by Crippen LogP contribution is -2.51. The smallest absolute Gasteiger partial charge is 0.435 e. The summed E-state index contributed by atoms with van der Waals surface area (Å²) in [6, 6.07) is 5.15. The van der Waals surface area contributed by atoms with Gasteiger partial charge in [-0.05, 0) is 64.3 Å². The maximum Gasteiger partial charge on any atom is 0.435 e. The van der Waals surface area contributed by atoms with Gasteiger partial charge < -0.3 is 24.3 Å². The Morgan fingerprint density at radius 2 is 1.93 bits per heavy atom. The number of aromatic nitrogens is 3. The Labute approximate surface area is 255 Å². The number of nitriles is 1. The number of piperazine rings is 1. The van der Waals surface area contributed by atoms with Crippen LogP contribution in [0.3, 0.4) is 0 Å². The van der Waals surface area contributed by atoms with Crippen LogP contribution in [0.5, 0.6) is 6.01 Å². The zero-order chi connectivity index (χ0) is 30.9. The van der Waals surface area contributed by atoms with Crippen LogP contribution in [0.1, 0.15) is 56.0 Å². The van der Waals surface area contributed by atoms with E-state index in [0.29, 0.717) is 50.7 Å². The van der Waals surface area contributed by atoms with E-state index in [0.717, 1.165) is 44.2 Å². The molecule has 44 heavy (non-hydrogen) atoms. The maximum atomic E-state index is 13.8. The van der Waals surface area contributed by atoms with Crippen LogP contribution in [-0.4, -0.2) is 83.2 Å². The number of hydrogen-bond donors (Lipinski definition) is 0. The van der Waals surface area contributed by atoms with Gasteiger partial charge in [0.25, 0.3) is 0 Å². The molecule has 0 amide bonds. The highest BCUT2D eigenvalue weighted by atomic mass is 19.4. The third kappa shape index (κ3) is 6.70. The van der Waals surface area contributed by atoms with Gasteiger partial charge in [0.05, 0.1) is 43.1 Å². The Morgan fingerprint density at radius 3 is 2.64 bits per heavy atom. The number of likely N-dealkylation sites (tertiary alicyclic amines) is 1. The fourth-order valence-electron chi connectivity index (χ4n) is 6.70. The Bertz CT molecular complexity index is 1410. The van der Waals surface area contributed by atoms with Gasteiger partial charge in [-0.2, -0.15) is 28.4 Å². The fourth-order valence-corrected chi connectivity index (χ4v) is 6.70. The molecule has 1 saturated carbocycles. The molecule has 4 aliphatic rings. The predicted molar refractivity (Wildman–Crippen MR) is 157 cm³/mol. The number of pyridine rings is 1. The summed E-state index contributed by atoms with van der Waals surface area (Å²) >= 11 is 0. The van der Waals surface area contributed by atoms with Gasteiger partial charge in [0.1, 0.15) is 11.6 Å². The Balaban J connectivity index is 1.29. The number of halogens is 4. The molecular formula is C31H38F4N8O. The van der Waals surface area contributed by atoms with Gasteiger partial charge in [-0.3, -0.25) is 0 Å². The van der Waals surface area contributed by atoms with Gasteiger partial charge in [0, 0.05) is 56.1 Å². The van der Waals surface area contributed by atoms with Crippen molar-refractivity contribution in [1.29, 1.82) is 5.26 Å². The van der Waals surface area contributed by atoms with E-state index < -0.39 is 11.9 Å². The molecule has 0 aromatic carbocycles. The predicted octanol–water partition coefficient (Wildman–Crippen LogP) is 4.94. The third-order valence-electron chi connectivity index (χ3n) is 9.14. The molecule has 6 rings (SSSR count). The van der Waals surface area contributed by atoms with E-state index in [-0.39, 0.29) is 41.9 Å². The number of nitrogens with zero attached hydrogens (tertiary/aromatic N) is 8. The Kier molecular flexibility index (Phi) is 8.55. The highest BCUT2D eigenvalue weighted by molar-refractivity contribution is 5.58. The van der Waals surface area contributed by atoms with E-state index in [9.17, 15) is 22.8 Å². The summed E-state index contributed by atoms with van der Waals surface area (Å²) in [5.74, 6) is 0.355. The SMILES string of the molecule is CC(F)=CN1CCN(c2nc(OCC3(CN4CCCC4)CC3)nc3c2CCN(c2cccnc2C(F)(F)F)C3)C[C@@H]1CC#N. The molecule has 5 heterocycles. The molecule has 9 nitrogen and oxygen atoms in total. The molecule has 0 bridgehead atoms. The van der Waals surface area contributed by atoms with Crippen LogP contribution in [-0.2, 0) is 19.1 Å². The first-order chi connectivity index (χ1) is 21.1. The first kappa shape index (κ1) is 30.4. The molecule has 1 atom stereocenters. The number of ether oxygens (including phenoxy) is 1. The molecule has 236 valence electrons. The van der Waals surface area contributed by atoms with Gasteiger partial charge in [-0.15, -0.1) is 0 Å². The summed E-state index contributed by atoms with van der Waals surface area (Å²) in [6.45, 7) is 7.05. The van der Waals surface area contributed by atoms with Crippen molar-refractivity contribution in [3.8, 4) is 12.1 Å². The molecule has 3 aliphatic heterocycles. The number of rotatable bonds is 9. The fraction of sp³-hybridized carbons (Fsp3) is 0.613. The van der Waals surface area contributed by atoms with Gasteiger partial charge in [0.15, 0.2) is 5.69 Å². The normalized spacial score (nSPS) is 22.1. The molecule has 0 spiro atoms. The number of anilines is 2.